The summed E-state index contributed by atoms with van der Waals surface area (Å²) in [6.07, 6.45) is 5.36. The maximum Gasteiger partial charge on any atom is 0.0897 e. The molecule has 1 saturated carbocycles. The van der Waals surface area contributed by atoms with E-state index in [0.717, 1.165) is 19.3 Å². The molecule has 1 heterocycles. The van der Waals surface area contributed by atoms with Crippen LogP contribution in [0.4, 0.5) is 0 Å². The summed E-state index contributed by atoms with van der Waals surface area (Å²) in [5.41, 5.74) is 0. The van der Waals surface area contributed by atoms with Crippen LogP contribution in [0.3, 0.4) is 0 Å². The zero-order valence-electron chi connectivity index (χ0n) is 6.57. The first-order chi connectivity index (χ1) is 5.33. The van der Waals surface area contributed by atoms with Gasteiger partial charge in [0.1, 0.15) is 0 Å². The Bertz CT molecular complexity index is 165. The van der Waals surface area contributed by atoms with Gasteiger partial charge in [0.25, 0.3) is 0 Å². The predicted octanol–water partition coefficient (Wildman–Crippen LogP) is 1.10. The molecule has 0 amide bonds. The molecule has 1 N–H and O–H groups in total. The number of hydrogen-bond acceptors (Lipinski definition) is 2. The highest BCUT2D eigenvalue weighted by molar-refractivity contribution is 5.00. The number of fused-ring (bicyclic) bond motifs is 1. The van der Waals surface area contributed by atoms with Crippen LogP contribution in [0.1, 0.15) is 19.3 Å². The maximum atomic E-state index is 9.57. The van der Waals surface area contributed by atoms with Crippen molar-refractivity contribution in [2.45, 2.75) is 37.6 Å². The second-order valence-electron chi connectivity index (χ2n) is 3.47. The predicted molar refractivity (Wildman–Crippen MR) is 42.2 cm³/mol. The van der Waals surface area contributed by atoms with Crippen LogP contribution in [0.15, 0.2) is 12.7 Å². The monoisotopic (exact) mass is 154 g/mol. The van der Waals surface area contributed by atoms with Gasteiger partial charge in [-0.05, 0) is 19.3 Å². The summed E-state index contributed by atoms with van der Waals surface area (Å²) in [5, 5.41) is 9.57. The Morgan fingerprint density at radius 3 is 3.09 bits per heavy atom. The van der Waals surface area contributed by atoms with Gasteiger partial charge in [0.15, 0.2) is 0 Å². The van der Waals surface area contributed by atoms with E-state index in [1.807, 2.05) is 6.08 Å². The first kappa shape index (κ1) is 7.32. The summed E-state index contributed by atoms with van der Waals surface area (Å²) >= 11 is 0. The van der Waals surface area contributed by atoms with E-state index in [1.165, 1.54) is 0 Å². The molecule has 62 valence electrons. The lowest BCUT2D eigenvalue weighted by Crippen LogP contribution is -2.30. The third-order valence-electron chi connectivity index (χ3n) is 2.72. The van der Waals surface area contributed by atoms with Gasteiger partial charge in [-0.3, -0.25) is 0 Å². The van der Waals surface area contributed by atoms with Gasteiger partial charge >= 0.3 is 0 Å². The Hall–Kier alpha value is -0.340. The van der Waals surface area contributed by atoms with Crippen LogP contribution < -0.4 is 0 Å². The van der Waals surface area contributed by atoms with Crippen LogP contribution in [0.2, 0.25) is 0 Å². The summed E-state index contributed by atoms with van der Waals surface area (Å²) < 4.78 is 5.41. The molecule has 2 heteroatoms. The van der Waals surface area contributed by atoms with Crippen molar-refractivity contribution in [3.05, 3.63) is 12.7 Å². The molecule has 0 radical (unpaired) electrons. The molecule has 2 fully saturated rings. The molecule has 2 rings (SSSR count). The van der Waals surface area contributed by atoms with Gasteiger partial charge in [-0.15, -0.1) is 6.58 Å². The largest absolute Gasteiger partial charge is 0.393 e. The lowest BCUT2D eigenvalue weighted by atomic mass is 9.84. The number of hydrogen-bond donors (Lipinski definition) is 1. The number of allylic oxidation sites excluding steroid dienone is 1. The molecule has 1 saturated heterocycles. The van der Waals surface area contributed by atoms with Gasteiger partial charge in [0.2, 0.25) is 0 Å². The standard InChI is InChI=1S/C9H14O2/c1-2-3-6-7(10)4-5-8-9(6)11-8/h2,6-10H,1,3-5H2/t6-,7-,8+,9-/m1/s1. The molecule has 11 heavy (non-hydrogen) atoms. The number of rotatable bonds is 2. The molecule has 0 unspecified atom stereocenters. The highest BCUT2D eigenvalue weighted by Gasteiger charge is 2.50. The number of epoxide rings is 1. The molecule has 2 nitrogen and oxygen atoms in total. The van der Waals surface area contributed by atoms with E-state index in [-0.39, 0.29) is 6.10 Å². The fourth-order valence-electron chi connectivity index (χ4n) is 2.02. The van der Waals surface area contributed by atoms with E-state index >= 15 is 0 Å². The van der Waals surface area contributed by atoms with Crippen LogP contribution >= 0.6 is 0 Å². The number of ether oxygens (including phenoxy) is 1. The normalized spacial score (nSPS) is 48.1. The highest BCUT2D eigenvalue weighted by Crippen LogP contribution is 2.42. The first-order valence-corrected chi connectivity index (χ1v) is 4.27. The van der Waals surface area contributed by atoms with Gasteiger partial charge in [0.05, 0.1) is 18.3 Å². The third-order valence-corrected chi connectivity index (χ3v) is 2.72. The summed E-state index contributed by atoms with van der Waals surface area (Å²) in [4.78, 5) is 0. The van der Waals surface area contributed by atoms with Crippen molar-refractivity contribution < 1.29 is 9.84 Å². The van der Waals surface area contributed by atoms with Gasteiger partial charge in [-0.25, -0.2) is 0 Å². The van der Waals surface area contributed by atoms with Gasteiger partial charge in [-0.2, -0.15) is 0 Å². The van der Waals surface area contributed by atoms with Crippen molar-refractivity contribution in [3.63, 3.8) is 0 Å². The third kappa shape index (κ3) is 1.21. The number of aliphatic hydroxyl groups excluding tert-OH is 1. The summed E-state index contributed by atoms with van der Waals surface area (Å²) in [6.45, 7) is 3.68. The minimum Gasteiger partial charge on any atom is -0.393 e. The lowest BCUT2D eigenvalue weighted by Gasteiger charge is -2.22. The van der Waals surface area contributed by atoms with Crippen LogP contribution in [-0.2, 0) is 4.74 Å². The fraction of sp³-hybridized carbons (Fsp3) is 0.778. The average molecular weight is 154 g/mol. The van der Waals surface area contributed by atoms with Crippen LogP contribution in [-0.4, -0.2) is 23.4 Å². The van der Waals surface area contributed by atoms with Crippen molar-refractivity contribution >= 4 is 0 Å². The second kappa shape index (κ2) is 2.61. The van der Waals surface area contributed by atoms with Crippen LogP contribution in [0, 0.1) is 5.92 Å². The first-order valence-electron chi connectivity index (χ1n) is 4.27. The SMILES string of the molecule is C=CC[C@H]1[C@H]2O[C@H]2CC[C@H]1O. The van der Waals surface area contributed by atoms with E-state index < -0.39 is 0 Å². The minimum atomic E-state index is -0.156. The van der Waals surface area contributed by atoms with Gasteiger partial charge < -0.3 is 9.84 Å². The van der Waals surface area contributed by atoms with E-state index in [2.05, 4.69) is 6.58 Å². The minimum absolute atomic E-state index is 0.156. The summed E-state index contributed by atoms with van der Waals surface area (Å²) in [6, 6.07) is 0. The van der Waals surface area contributed by atoms with Gasteiger partial charge in [-0.1, -0.05) is 6.08 Å². The molecule has 1 aliphatic carbocycles. The van der Waals surface area contributed by atoms with Crippen molar-refractivity contribution in [1.82, 2.24) is 0 Å². The molecule has 1 aliphatic heterocycles. The zero-order chi connectivity index (χ0) is 7.84. The Kier molecular flexibility index (Phi) is 1.74. The molecule has 4 atom stereocenters. The van der Waals surface area contributed by atoms with Crippen LogP contribution in [0.5, 0.6) is 0 Å². The van der Waals surface area contributed by atoms with E-state index in [0.29, 0.717) is 18.1 Å². The fourth-order valence-corrected chi connectivity index (χ4v) is 2.02. The van der Waals surface area contributed by atoms with Crippen molar-refractivity contribution in [2.75, 3.05) is 0 Å². The Balaban J connectivity index is 1.97. The second-order valence-corrected chi connectivity index (χ2v) is 3.47. The summed E-state index contributed by atoms with van der Waals surface area (Å²) in [5.74, 6) is 0.325. The van der Waals surface area contributed by atoms with Crippen molar-refractivity contribution in [3.8, 4) is 0 Å². The van der Waals surface area contributed by atoms with E-state index in [9.17, 15) is 5.11 Å². The highest BCUT2D eigenvalue weighted by atomic mass is 16.6. The Morgan fingerprint density at radius 1 is 1.55 bits per heavy atom. The molecule has 0 aromatic rings. The zero-order valence-corrected chi connectivity index (χ0v) is 6.57. The van der Waals surface area contributed by atoms with Crippen molar-refractivity contribution in [2.24, 2.45) is 5.92 Å². The topological polar surface area (TPSA) is 32.8 Å². The van der Waals surface area contributed by atoms with Crippen LogP contribution in [0.25, 0.3) is 0 Å². The molecular weight excluding hydrogens is 140 g/mol. The van der Waals surface area contributed by atoms with E-state index in [4.69, 9.17) is 4.74 Å². The Labute approximate surface area is 66.9 Å². The smallest absolute Gasteiger partial charge is 0.0897 e. The summed E-state index contributed by atoms with van der Waals surface area (Å²) in [7, 11) is 0. The lowest BCUT2D eigenvalue weighted by molar-refractivity contribution is 0.0784. The Morgan fingerprint density at radius 2 is 2.36 bits per heavy atom. The van der Waals surface area contributed by atoms with Crippen molar-refractivity contribution in [1.29, 1.82) is 0 Å². The molecule has 0 aromatic heterocycles. The molecule has 0 spiro atoms. The molecule has 0 aromatic carbocycles. The maximum absolute atomic E-state index is 9.57. The molecular formula is C9H14O2. The van der Waals surface area contributed by atoms with Gasteiger partial charge in [0, 0.05) is 5.92 Å². The quantitative estimate of drug-likeness (QED) is 0.477. The molecule has 2 aliphatic rings. The average Bonchev–Trinajstić information content (AvgIpc) is 2.74. The van der Waals surface area contributed by atoms with E-state index in [1.54, 1.807) is 0 Å². The molecule has 0 bridgehead atoms. The number of aliphatic hydroxyl groups is 1.